The Kier molecular flexibility index (Phi) is 6.97. The van der Waals surface area contributed by atoms with E-state index < -0.39 is 17.7 Å². The lowest BCUT2D eigenvalue weighted by Crippen LogP contribution is -2.05. The molecule has 0 spiro atoms. The van der Waals surface area contributed by atoms with E-state index in [1.165, 1.54) is 0 Å². The van der Waals surface area contributed by atoms with Gasteiger partial charge >= 0.3 is 11.9 Å². The molecule has 5 heteroatoms. The van der Waals surface area contributed by atoms with Crippen LogP contribution < -0.4 is 0 Å². The van der Waals surface area contributed by atoms with Gasteiger partial charge < -0.3 is 10.2 Å². The van der Waals surface area contributed by atoms with Crippen LogP contribution in [0.4, 0.5) is 0 Å². The van der Waals surface area contributed by atoms with Gasteiger partial charge in [-0.3, -0.25) is 9.59 Å². The van der Waals surface area contributed by atoms with Crippen molar-refractivity contribution < 1.29 is 24.6 Å². The Hall–Kier alpha value is -1.39. The standard InChI is InChI=1S/C4H8O2.C3H4O3/c1-3(2)4(5)6;1-2(4)3(5)6/h3H,1-2H3,(H,5,6);1H3,(H,5,6). The maximum atomic E-state index is 9.70. The van der Waals surface area contributed by atoms with Crippen molar-refractivity contribution in [1.82, 2.24) is 0 Å². The van der Waals surface area contributed by atoms with Crippen molar-refractivity contribution in [3.63, 3.8) is 0 Å². The Morgan fingerprint density at radius 3 is 1.25 bits per heavy atom. The van der Waals surface area contributed by atoms with Gasteiger partial charge in [0.1, 0.15) is 0 Å². The van der Waals surface area contributed by atoms with Crippen molar-refractivity contribution in [2.24, 2.45) is 5.92 Å². The summed E-state index contributed by atoms with van der Waals surface area (Å²) in [6, 6.07) is 0. The first-order chi connectivity index (χ1) is 5.29. The van der Waals surface area contributed by atoms with E-state index in [1.54, 1.807) is 13.8 Å². The van der Waals surface area contributed by atoms with Crippen molar-refractivity contribution in [3.8, 4) is 0 Å². The highest BCUT2D eigenvalue weighted by Crippen LogP contribution is 1.87. The molecule has 0 rings (SSSR count). The number of carboxylic acid groups (broad SMARTS) is 2. The summed E-state index contributed by atoms with van der Waals surface area (Å²) in [6.45, 7) is 4.28. The van der Waals surface area contributed by atoms with Gasteiger partial charge in [0.25, 0.3) is 0 Å². The van der Waals surface area contributed by atoms with E-state index in [0.717, 1.165) is 6.92 Å². The van der Waals surface area contributed by atoms with E-state index in [2.05, 4.69) is 0 Å². The summed E-state index contributed by atoms with van der Waals surface area (Å²) in [5, 5.41) is 15.6. The van der Waals surface area contributed by atoms with Crippen molar-refractivity contribution in [1.29, 1.82) is 0 Å². The highest BCUT2D eigenvalue weighted by molar-refractivity contribution is 6.31. The average Bonchev–Trinajstić information content (AvgIpc) is 1.88. The molecule has 0 aromatic carbocycles. The third-order valence-corrected chi connectivity index (χ3v) is 0.795. The molecular formula is C7H12O5. The Morgan fingerprint density at radius 1 is 1.08 bits per heavy atom. The third-order valence-electron chi connectivity index (χ3n) is 0.795. The second-order valence-corrected chi connectivity index (χ2v) is 2.35. The quantitative estimate of drug-likeness (QED) is 0.593. The van der Waals surface area contributed by atoms with Crippen LogP contribution in [0.1, 0.15) is 20.8 Å². The molecule has 0 aliphatic carbocycles. The van der Waals surface area contributed by atoms with E-state index in [9.17, 15) is 14.4 Å². The molecule has 0 unspecified atom stereocenters. The number of Topliss-reactive ketones (excluding diaryl/α,β-unsaturated/α-hetero) is 1. The lowest BCUT2D eigenvalue weighted by Gasteiger charge is -1.89. The molecule has 0 aliphatic heterocycles. The molecule has 0 aliphatic rings. The Labute approximate surface area is 70.0 Å². The zero-order valence-electron chi connectivity index (χ0n) is 7.20. The molecule has 0 aromatic heterocycles. The van der Waals surface area contributed by atoms with Gasteiger partial charge in [-0.15, -0.1) is 0 Å². The third kappa shape index (κ3) is 11.4. The zero-order valence-corrected chi connectivity index (χ0v) is 7.20. The minimum absolute atomic E-state index is 0.231. The number of rotatable bonds is 2. The number of aliphatic carboxylic acids is 2. The predicted molar refractivity (Wildman–Crippen MR) is 40.8 cm³/mol. The minimum atomic E-state index is -1.38. The average molecular weight is 176 g/mol. The highest BCUT2D eigenvalue weighted by atomic mass is 16.4. The van der Waals surface area contributed by atoms with E-state index in [1.807, 2.05) is 0 Å². The number of hydrogen-bond donors (Lipinski definition) is 2. The van der Waals surface area contributed by atoms with E-state index in [-0.39, 0.29) is 5.92 Å². The maximum Gasteiger partial charge on any atom is 0.371 e. The van der Waals surface area contributed by atoms with Crippen LogP contribution in [0.15, 0.2) is 0 Å². The lowest BCUT2D eigenvalue weighted by atomic mass is 10.2. The van der Waals surface area contributed by atoms with Gasteiger partial charge in [-0.25, -0.2) is 4.79 Å². The fourth-order valence-corrected chi connectivity index (χ4v) is 0. The monoisotopic (exact) mass is 176 g/mol. The summed E-state index contributed by atoms with van der Waals surface area (Å²) >= 11 is 0. The molecule has 12 heavy (non-hydrogen) atoms. The molecule has 2 N–H and O–H groups in total. The van der Waals surface area contributed by atoms with Gasteiger partial charge in [-0.2, -0.15) is 0 Å². The zero-order chi connectivity index (χ0) is 10.3. The van der Waals surface area contributed by atoms with Crippen LogP contribution in [0.5, 0.6) is 0 Å². The highest BCUT2D eigenvalue weighted by Gasteiger charge is 1.99. The van der Waals surface area contributed by atoms with Crippen LogP contribution >= 0.6 is 0 Å². The maximum absolute atomic E-state index is 9.70. The number of carbonyl (C=O) groups excluding carboxylic acids is 1. The van der Waals surface area contributed by atoms with Crippen molar-refractivity contribution in [2.45, 2.75) is 20.8 Å². The summed E-state index contributed by atoms with van der Waals surface area (Å²) in [7, 11) is 0. The Morgan fingerprint density at radius 2 is 1.25 bits per heavy atom. The summed E-state index contributed by atoms with van der Waals surface area (Å²) in [5.74, 6) is -3.18. The molecule has 0 heterocycles. The van der Waals surface area contributed by atoms with Gasteiger partial charge in [0.15, 0.2) is 0 Å². The van der Waals surface area contributed by atoms with Gasteiger partial charge in [-0.1, -0.05) is 13.8 Å². The summed E-state index contributed by atoms with van der Waals surface area (Å²) in [6.07, 6.45) is 0. The minimum Gasteiger partial charge on any atom is -0.481 e. The van der Waals surface area contributed by atoms with Crippen molar-refractivity contribution in [2.75, 3.05) is 0 Å². The molecule has 5 nitrogen and oxygen atoms in total. The van der Waals surface area contributed by atoms with Crippen LogP contribution in [-0.2, 0) is 14.4 Å². The van der Waals surface area contributed by atoms with Crippen LogP contribution in [-0.4, -0.2) is 27.9 Å². The normalized spacial score (nSPS) is 8.33. The summed E-state index contributed by atoms with van der Waals surface area (Å²) in [5.41, 5.74) is 0. The van der Waals surface area contributed by atoms with Crippen LogP contribution in [0.3, 0.4) is 0 Å². The van der Waals surface area contributed by atoms with E-state index in [0.29, 0.717) is 0 Å². The molecule has 0 fully saturated rings. The van der Waals surface area contributed by atoms with E-state index in [4.69, 9.17) is 10.2 Å². The molecular weight excluding hydrogens is 164 g/mol. The van der Waals surface area contributed by atoms with Crippen molar-refractivity contribution in [3.05, 3.63) is 0 Å². The van der Waals surface area contributed by atoms with Gasteiger partial charge in [0, 0.05) is 6.92 Å². The van der Waals surface area contributed by atoms with Gasteiger partial charge in [-0.05, 0) is 0 Å². The molecule has 0 radical (unpaired) electrons. The molecule has 0 bridgehead atoms. The molecule has 70 valence electrons. The largest absolute Gasteiger partial charge is 0.481 e. The molecule has 0 saturated carbocycles. The Bertz CT molecular complexity index is 170. The fraction of sp³-hybridized carbons (Fsp3) is 0.571. The van der Waals surface area contributed by atoms with Crippen LogP contribution in [0.25, 0.3) is 0 Å². The molecule has 0 saturated heterocycles. The number of ketones is 1. The van der Waals surface area contributed by atoms with Crippen LogP contribution in [0, 0.1) is 5.92 Å². The lowest BCUT2D eigenvalue weighted by molar-refractivity contribution is -0.148. The molecule has 0 amide bonds. The second-order valence-electron chi connectivity index (χ2n) is 2.35. The Balaban J connectivity index is 0. The van der Waals surface area contributed by atoms with Crippen LogP contribution in [0.2, 0.25) is 0 Å². The van der Waals surface area contributed by atoms with Gasteiger partial charge in [0.05, 0.1) is 5.92 Å². The first-order valence-corrected chi connectivity index (χ1v) is 3.25. The van der Waals surface area contributed by atoms with Crippen molar-refractivity contribution >= 4 is 17.7 Å². The number of carbonyl (C=O) groups is 3. The summed E-state index contributed by atoms with van der Waals surface area (Å²) in [4.78, 5) is 28.6. The summed E-state index contributed by atoms with van der Waals surface area (Å²) < 4.78 is 0. The smallest absolute Gasteiger partial charge is 0.371 e. The number of carboxylic acids is 2. The van der Waals surface area contributed by atoms with E-state index >= 15 is 0 Å². The molecule has 0 atom stereocenters. The SMILES string of the molecule is CC(=O)C(=O)O.CC(C)C(=O)O. The number of hydrogen-bond acceptors (Lipinski definition) is 3. The predicted octanol–water partition coefficient (Wildman–Crippen LogP) is 0.387. The van der Waals surface area contributed by atoms with Gasteiger partial charge in [0.2, 0.25) is 5.78 Å². The fourth-order valence-electron chi connectivity index (χ4n) is 0. The molecule has 0 aromatic rings. The first kappa shape index (κ1) is 13.2. The second kappa shape index (κ2) is 6.33. The topological polar surface area (TPSA) is 91.7 Å². The first-order valence-electron chi connectivity index (χ1n) is 3.25.